The third kappa shape index (κ3) is 7.40. The van der Waals surface area contributed by atoms with Crippen molar-refractivity contribution in [1.29, 1.82) is 0 Å². The number of aliphatic carboxylic acids is 1. The van der Waals surface area contributed by atoms with E-state index in [2.05, 4.69) is 16.0 Å². The van der Waals surface area contributed by atoms with Crippen molar-refractivity contribution in [1.82, 2.24) is 16.0 Å². The minimum Gasteiger partial charge on any atom is -0.481 e. The maximum atomic E-state index is 11.5. The first-order valence-corrected chi connectivity index (χ1v) is 6.61. The number of imide groups is 1. The van der Waals surface area contributed by atoms with Crippen molar-refractivity contribution in [2.75, 3.05) is 13.1 Å². The van der Waals surface area contributed by atoms with E-state index in [-0.39, 0.29) is 25.6 Å². The molecule has 0 heterocycles. The Hall–Kier alpha value is -1.63. The van der Waals surface area contributed by atoms with E-state index < -0.39 is 17.9 Å². The molecule has 0 atom stereocenters. The van der Waals surface area contributed by atoms with Crippen LogP contribution in [0.1, 0.15) is 38.5 Å². The third-order valence-electron chi connectivity index (χ3n) is 2.99. The predicted molar refractivity (Wildman–Crippen MR) is 68.7 cm³/mol. The molecule has 4 N–H and O–H groups in total. The highest BCUT2D eigenvalue weighted by atomic mass is 16.4. The average molecular weight is 271 g/mol. The van der Waals surface area contributed by atoms with Gasteiger partial charge in [-0.15, -0.1) is 0 Å². The van der Waals surface area contributed by atoms with Crippen molar-refractivity contribution in [3.05, 3.63) is 0 Å². The highest BCUT2D eigenvalue weighted by molar-refractivity contribution is 5.95. The summed E-state index contributed by atoms with van der Waals surface area (Å²) < 4.78 is 0. The van der Waals surface area contributed by atoms with E-state index in [4.69, 9.17) is 5.11 Å². The van der Waals surface area contributed by atoms with Crippen molar-refractivity contribution in [3.63, 3.8) is 0 Å². The van der Waals surface area contributed by atoms with E-state index in [9.17, 15) is 14.4 Å². The minimum absolute atomic E-state index is 0.0540. The number of rotatable bonds is 6. The number of hydrogen-bond donors (Lipinski definition) is 4. The highest BCUT2D eigenvalue weighted by Crippen LogP contribution is 2.16. The normalized spacial score (nSPS) is 15.8. The molecular weight excluding hydrogens is 250 g/mol. The first-order chi connectivity index (χ1) is 9.08. The summed E-state index contributed by atoms with van der Waals surface area (Å²) >= 11 is 0. The summed E-state index contributed by atoms with van der Waals surface area (Å²) in [6.07, 6.45) is 5.27. The first-order valence-electron chi connectivity index (χ1n) is 6.61. The second-order valence-electron chi connectivity index (χ2n) is 4.68. The van der Waals surface area contributed by atoms with Crippen LogP contribution in [0.25, 0.3) is 0 Å². The molecule has 0 aromatic carbocycles. The van der Waals surface area contributed by atoms with Gasteiger partial charge in [-0.1, -0.05) is 19.3 Å². The zero-order valence-electron chi connectivity index (χ0n) is 10.9. The lowest BCUT2D eigenvalue weighted by Crippen LogP contribution is -2.47. The Labute approximate surface area is 112 Å². The van der Waals surface area contributed by atoms with Gasteiger partial charge in [0.05, 0.1) is 13.0 Å². The molecule has 3 amide bonds. The van der Waals surface area contributed by atoms with Gasteiger partial charge in [0.2, 0.25) is 5.91 Å². The lowest BCUT2D eigenvalue weighted by Gasteiger charge is -2.22. The van der Waals surface area contributed by atoms with Gasteiger partial charge < -0.3 is 15.7 Å². The molecule has 0 unspecified atom stereocenters. The molecule has 1 aliphatic rings. The summed E-state index contributed by atoms with van der Waals surface area (Å²) in [6.45, 7) is 0.137. The number of hydrogen-bond acceptors (Lipinski definition) is 4. The predicted octanol–water partition coefficient (Wildman–Crippen LogP) is 0.209. The van der Waals surface area contributed by atoms with Crippen LogP contribution in [-0.4, -0.2) is 42.1 Å². The fraction of sp³-hybridized carbons (Fsp3) is 0.750. The molecule has 0 aliphatic heterocycles. The summed E-state index contributed by atoms with van der Waals surface area (Å²) in [5.41, 5.74) is 0. The number of carbonyl (C=O) groups is 3. The molecule has 19 heavy (non-hydrogen) atoms. The fourth-order valence-corrected chi connectivity index (χ4v) is 2.04. The van der Waals surface area contributed by atoms with Crippen molar-refractivity contribution >= 4 is 17.9 Å². The summed E-state index contributed by atoms with van der Waals surface area (Å²) in [4.78, 5) is 33.1. The van der Waals surface area contributed by atoms with E-state index >= 15 is 0 Å². The topological polar surface area (TPSA) is 108 Å². The van der Waals surface area contributed by atoms with Crippen LogP contribution in [-0.2, 0) is 9.59 Å². The molecule has 108 valence electrons. The van der Waals surface area contributed by atoms with Crippen molar-refractivity contribution < 1.29 is 19.5 Å². The molecule has 1 rings (SSSR count). The maximum Gasteiger partial charge on any atom is 0.321 e. The highest BCUT2D eigenvalue weighted by Gasteiger charge is 2.16. The van der Waals surface area contributed by atoms with Crippen molar-refractivity contribution in [3.8, 4) is 0 Å². The van der Waals surface area contributed by atoms with E-state index in [1.807, 2.05) is 0 Å². The zero-order valence-corrected chi connectivity index (χ0v) is 10.9. The van der Waals surface area contributed by atoms with Crippen LogP contribution in [0.2, 0.25) is 0 Å². The second kappa shape index (κ2) is 8.47. The number of carbonyl (C=O) groups excluding carboxylic acids is 2. The molecule has 0 spiro atoms. The van der Waals surface area contributed by atoms with Gasteiger partial charge in [-0.3, -0.25) is 14.9 Å². The molecule has 0 aromatic heterocycles. The number of carboxylic acids is 1. The summed E-state index contributed by atoms with van der Waals surface area (Å²) in [6, 6.07) is -0.321. The lowest BCUT2D eigenvalue weighted by atomic mass is 9.96. The molecule has 1 fully saturated rings. The van der Waals surface area contributed by atoms with Crippen molar-refractivity contribution in [2.24, 2.45) is 0 Å². The molecule has 0 aromatic rings. The standard InChI is InChI=1S/C12H21N3O4/c16-10(8-13-7-6-11(17)18)15-12(19)14-9-4-2-1-3-5-9/h9,13H,1-8H2,(H,17,18)(H2,14,15,16,19). The van der Waals surface area contributed by atoms with Crippen LogP contribution in [0.3, 0.4) is 0 Å². The molecule has 7 nitrogen and oxygen atoms in total. The van der Waals surface area contributed by atoms with E-state index in [1.54, 1.807) is 0 Å². The van der Waals surface area contributed by atoms with Gasteiger partial charge in [0, 0.05) is 12.6 Å². The van der Waals surface area contributed by atoms with Gasteiger partial charge in [-0.05, 0) is 12.8 Å². The SMILES string of the molecule is O=C(O)CCNCC(=O)NC(=O)NC1CCCCC1. The number of nitrogens with one attached hydrogen (secondary N) is 3. The number of amides is 3. The van der Waals surface area contributed by atoms with Crippen LogP contribution in [0, 0.1) is 0 Å². The van der Waals surface area contributed by atoms with Crippen LogP contribution in [0.5, 0.6) is 0 Å². The number of urea groups is 1. The minimum atomic E-state index is -0.928. The Morgan fingerprint density at radius 3 is 2.42 bits per heavy atom. The first kappa shape index (κ1) is 15.4. The Balaban J connectivity index is 2.09. The van der Waals surface area contributed by atoms with Gasteiger partial charge >= 0.3 is 12.0 Å². The molecular formula is C12H21N3O4. The largest absolute Gasteiger partial charge is 0.481 e. The number of carboxylic acid groups (broad SMARTS) is 1. The van der Waals surface area contributed by atoms with Crippen LogP contribution in [0.4, 0.5) is 4.79 Å². The Morgan fingerprint density at radius 1 is 1.11 bits per heavy atom. The molecule has 1 aliphatic carbocycles. The van der Waals surface area contributed by atoms with Crippen LogP contribution in [0.15, 0.2) is 0 Å². The van der Waals surface area contributed by atoms with Gasteiger partial charge in [0.25, 0.3) is 0 Å². The molecule has 0 bridgehead atoms. The lowest BCUT2D eigenvalue weighted by molar-refractivity contribution is -0.137. The molecule has 0 radical (unpaired) electrons. The van der Waals surface area contributed by atoms with Crippen LogP contribution >= 0.6 is 0 Å². The van der Waals surface area contributed by atoms with E-state index in [1.165, 1.54) is 6.42 Å². The average Bonchev–Trinajstić information content (AvgIpc) is 2.35. The Bertz CT molecular complexity index is 327. The zero-order chi connectivity index (χ0) is 14.1. The molecule has 7 heteroatoms. The fourth-order valence-electron chi connectivity index (χ4n) is 2.04. The monoisotopic (exact) mass is 271 g/mol. The Kier molecular flexibility index (Phi) is 6.88. The van der Waals surface area contributed by atoms with Gasteiger partial charge in [-0.2, -0.15) is 0 Å². The van der Waals surface area contributed by atoms with E-state index in [0.29, 0.717) is 0 Å². The molecule has 0 saturated heterocycles. The van der Waals surface area contributed by atoms with Crippen molar-refractivity contribution in [2.45, 2.75) is 44.6 Å². The van der Waals surface area contributed by atoms with Crippen LogP contribution < -0.4 is 16.0 Å². The Morgan fingerprint density at radius 2 is 1.79 bits per heavy atom. The van der Waals surface area contributed by atoms with Gasteiger partial charge in [0.1, 0.15) is 0 Å². The van der Waals surface area contributed by atoms with Gasteiger partial charge in [0.15, 0.2) is 0 Å². The maximum absolute atomic E-state index is 11.5. The second-order valence-corrected chi connectivity index (χ2v) is 4.68. The summed E-state index contributed by atoms with van der Waals surface area (Å²) in [7, 11) is 0. The summed E-state index contributed by atoms with van der Waals surface area (Å²) in [5.74, 6) is -1.39. The van der Waals surface area contributed by atoms with E-state index in [0.717, 1.165) is 25.7 Å². The molecule has 1 saturated carbocycles. The quantitative estimate of drug-likeness (QED) is 0.516. The third-order valence-corrected chi connectivity index (χ3v) is 2.99. The summed E-state index contributed by atoms with van der Waals surface area (Å²) in [5, 5.41) is 16.0. The van der Waals surface area contributed by atoms with Gasteiger partial charge in [-0.25, -0.2) is 4.79 Å². The smallest absolute Gasteiger partial charge is 0.321 e.